The Morgan fingerprint density at radius 2 is 1.72 bits per heavy atom. The van der Waals surface area contributed by atoms with E-state index in [4.69, 9.17) is 9.47 Å². The van der Waals surface area contributed by atoms with Gasteiger partial charge < -0.3 is 14.4 Å². The lowest BCUT2D eigenvalue weighted by atomic mass is 10.0. The summed E-state index contributed by atoms with van der Waals surface area (Å²) >= 11 is 0. The second-order valence-electron chi connectivity index (χ2n) is 7.85. The van der Waals surface area contributed by atoms with Crippen molar-refractivity contribution in [3.05, 3.63) is 53.1 Å². The monoisotopic (exact) mass is 394 g/mol. The zero-order valence-electron chi connectivity index (χ0n) is 17.4. The molecule has 1 fully saturated rings. The average Bonchev–Trinajstić information content (AvgIpc) is 3.42. The van der Waals surface area contributed by atoms with Gasteiger partial charge in [0.1, 0.15) is 0 Å². The Hall–Kier alpha value is -2.53. The summed E-state index contributed by atoms with van der Waals surface area (Å²) in [7, 11) is 3.27. The van der Waals surface area contributed by atoms with Gasteiger partial charge in [0.15, 0.2) is 11.5 Å². The number of likely N-dealkylation sites (tertiary alicyclic amines) is 1. The van der Waals surface area contributed by atoms with Crippen LogP contribution >= 0.6 is 0 Å². The van der Waals surface area contributed by atoms with Gasteiger partial charge in [-0.05, 0) is 67.6 Å². The fourth-order valence-electron chi connectivity index (χ4n) is 4.62. The molecule has 0 aliphatic carbocycles. The van der Waals surface area contributed by atoms with Crippen molar-refractivity contribution in [2.24, 2.45) is 0 Å². The van der Waals surface area contributed by atoms with Crippen LogP contribution in [0.25, 0.3) is 0 Å². The Balaban J connectivity index is 1.45. The zero-order valence-corrected chi connectivity index (χ0v) is 17.4. The van der Waals surface area contributed by atoms with Gasteiger partial charge in [0.2, 0.25) is 5.91 Å². The van der Waals surface area contributed by atoms with Crippen LogP contribution in [0.15, 0.2) is 36.4 Å². The predicted molar refractivity (Wildman–Crippen MR) is 115 cm³/mol. The molecular formula is C24H30N2O3. The van der Waals surface area contributed by atoms with Crippen LogP contribution in [0, 0.1) is 0 Å². The van der Waals surface area contributed by atoms with Gasteiger partial charge in [-0.2, -0.15) is 0 Å². The number of carbonyl (C=O) groups excluding carboxylic acids is 1. The number of hydrogen-bond donors (Lipinski definition) is 0. The molecule has 0 spiro atoms. The number of amides is 1. The topological polar surface area (TPSA) is 42.0 Å². The number of methoxy groups -OCH3 is 2. The second-order valence-corrected chi connectivity index (χ2v) is 7.85. The van der Waals surface area contributed by atoms with Crippen LogP contribution in [-0.2, 0) is 24.2 Å². The maximum atomic E-state index is 13.0. The first kappa shape index (κ1) is 19.8. The first-order valence-electron chi connectivity index (χ1n) is 10.5. The highest BCUT2D eigenvalue weighted by Crippen LogP contribution is 2.34. The van der Waals surface area contributed by atoms with Gasteiger partial charge >= 0.3 is 0 Å². The van der Waals surface area contributed by atoms with E-state index < -0.39 is 0 Å². The minimum Gasteiger partial charge on any atom is -0.493 e. The molecule has 1 amide bonds. The van der Waals surface area contributed by atoms with E-state index in [2.05, 4.69) is 23.1 Å². The molecule has 0 bridgehead atoms. The molecule has 0 N–H and O–H groups in total. The van der Waals surface area contributed by atoms with Crippen LogP contribution < -0.4 is 14.4 Å². The van der Waals surface area contributed by atoms with Crippen molar-refractivity contribution in [1.29, 1.82) is 0 Å². The summed E-state index contributed by atoms with van der Waals surface area (Å²) in [4.78, 5) is 17.5. The van der Waals surface area contributed by atoms with Crippen LogP contribution in [-0.4, -0.2) is 44.7 Å². The first-order chi connectivity index (χ1) is 14.2. The molecule has 0 atom stereocenters. The van der Waals surface area contributed by atoms with Crippen molar-refractivity contribution in [2.75, 3.05) is 38.8 Å². The van der Waals surface area contributed by atoms with Crippen molar-refractivity contribution >= 4 is 11.6 Å². The summed E-state index contributed by atoms with van der Waals surface area (Å²) in [6.07, 6.45) is 4.64. The third-order valence-corrected chi connectivity index (χ3v) is 6.11. The molecule has 4 rings (SSSR count). The fraction of sp³-hybridized carbons (Fsp3) is 0.458. The lowest BCUT2D eigenvalue weighted by Gasteiger charge is -2.20. The Labute approximate surface area is 173 Å². The summed E-state index contributed by atoms with van der Waals surface area (Å²) in [6.45, 7) is 4.16. The van der Waals surface area contributed by atoms with E-state index in [1.807, 2.05) is 23.1 Å². The maximum absolute atomic E-state index is 13.0. The quantitative estimate of drug-likeness (QED) is 0.716. The van der Waals surface area contributed by atoms with Gasteiger partial charge in [0.25, 0.3) is 0 Å². The van der Waals surface area contributed by atoms with E-state index in [9.17, 15) is 4.79 Å². The molecular weight excluding hydrogens is 364 g/mol. The van der Waals surface area contributed by atoms with E-state index in [1.165, 1.54) is 37.1 Å². The van der Waals surface area contributed by atoms with Gasteiger partial charge in [-0.3, -0.25) is 9.69 Å². The largest absolute Gasteiger partial charge is 0.493 e. The van der Waals surface area contributed by atoms with Crippen LogP contribution in [0.3, 0.4) is 0 Å². The summed E-state index contributed by atoms with van der Waals surface area (Å²) in [5.41, 5.74) is 4.84. The smallest absolute Gasteiger partial charge is 0.227 e. The van der Waals surface area contributed by atoms with E-state index in [1.54, 1.807) is 14.2 Å². The Kier molecular flexibility index (Phi) is 6.05. The molecule has 0 saturated carbocycles. The first-order valence-corrected chi connectivity index (χ1v) is 10.5. The number of aryl methyl sites for hydroxylation is 1. The number of hydrogen-bond acceptors (Lipinski definition) is 4. The molecule has 154 valence electrons. The SMILES string of the molecule is COc1cccc(CCC(=O)N2CCc3c(CN4CCCC4)cccc32)c1OC. The van der Waals surface area contributed by atoms with E-state index in [-0.39, 0.29) is 5.91 Å². The molecule has 2 aromatic rings. The number of nitrogens with zero attached hydrogens (tertiary/aromatic N) is 2. The number of para-hydroxylation sites is 1. The fourth-order valence-corrected chi connectivity index (χ4v) is 4.62. The van der Waals surface area contributed by atoms with Crippen LogP contribution in [0.5, 0.6) is 11.5 Å². The van der Waals surface area contributed by atoms with E-state index in [0.29, 0.717) is 18.6 Å². The van der Waals surface area contributed by atoms with Crippen LogP contribution in [0.1, 0.15) is 36.0 Å². The standard InChI is InChI=1S/C24H30N2O3/c1-28-22-10-6-7-18(24(22)29-2)11-12-23(27)26-16-13-20-19(8-5-9-21(20)26)17-25-14-3-4-15-25/h5-10H,3-4,11-17H2,1-2H3. The minimum absolute atomic E-state index is 0.173. The van der Waals surface area contributed by atoms with Gasteiger partial charge in [-0.25, -0.2) is 0 Å². The Morgan fingerprint density at radius 1 is 0.966 bits per heavy atom. The van der Waals surface area contributed by atoms with Crippen molar-refractivity contribution in [3.63, 3.8) is 0 Å². The minimum atomic E-state index is 0.173. The third-order valence-electron chi connectivity index (χ3n) is 6.11. The number of ether oxygens (including phenoxy) is 2. The van der Waals surface area contributed by atoms with Crippen molar-refractivity contribution in [3.8, 4) is 11.5 Å². The maximum Gasteiger partial charge on any atom is 0.227 e. The van der Waals surface area contributed by atoms with Gasteiger partial charge in [-0.15, -0.1) is 0 Å². The number of carbonyl (C=O) groups is 1. The molecule has 2 aliphatic heterocycles. The number of fused-ring (bicyclic) bond motifs is 1. The highest BCUT2D eigenvalue weighted by Gasteiger charge is 2.27. The average molecular weight is 395 g/mol. The van der Waals surface area contributed by atoms with E-state index in [0.717, 1.165) is 36.5 Å². The zero-order chi connectivity index (χ0) is 20.2. The summed E-state index contributed by atoms with van der Waals surface area (Å²) in [5, 5.41) is 0. The Bertz CT molecular complexity index is 874. The molecule has 1 saturated heterocycles. The lowest BCUT2D eigenvalue weighted by molar-refractivity contribution is -0.118. The van der Waals surface area contributed by atoms with Crippen molar-refractivity contribution in [2.45, 2.75) is 38.6 Å². The molecule has 2 aliphatic rings. The van der Waals surface area contributed by atoms with E-state index >= 15 is 0 Å². The van der Waals surface area contributed by atoms with Crippen molar-refractivity contribution in [1.82, 2.24) is 4.90 Å². The molecule has 5 heteroatoms. The summed E-state index contributed by atoms with van der Waals surface area (Å²) < 4.78 is 10.9. The molecule has 0 unspecified atom stereocenters. The van der Waals surface area contributed by atoms with Gasteiger partial charge in [-0.1, -0.05) is 24.3 Å². The molecule has 0 radical (unpaired) electrons. The summed E-state index contributed by atoms with van der Waals surface area (Å²) in [5.74, 6) is 1.60. The molecule has 5 nitrogen and oxygen atoms in total. The Morgan fingerprint density at radius 3 is 2.48 bits per heavy atom. The molecule has 2 aromatic carbocycles. The third kappa shape index (κ3) is 4.10. The van der Waals surface area contributed by atoms with Gasteiger partial charge in [0, 0.05) is 25.2 Å². The van der Waals surface area contributed by atoms with Crippen LogP contribution in [0.2, 0.25) is 0 Å². The number of rotatable bonds is 7. The van der Waals surface area contributed by atoms with Crippen molar-refractivity contribution < 1.29 is 14.3 Å². The number of benzene rings is 2. The summed E-state index contributed by atoms with van der Waals surface area (Å²) in [6, 6.07) is 12.2. The van der Waals surface area contributed by atoms with Crippen LogP contribution in [0.4, 0.5) is 5.69 Å². The second kappa shape index (κ2) is 8.87. The highest BCUT2D eigenvalue weighted by atomic mass is 16.5. The molecule has 29 heavy (non-hydrogen) atoms. The lowest BCUT2D eigenvalue weighted by Crippen LogP contribution is -2.29. The molecule has 0 aromatic heterocycles. The highest BCUT2D eigenvalue weighted by molar-refractivity contribution is 5.95. The molecule has 2 heterocycles. The number of anilines is 1. The van der Waals surface area contributed by atoms with Gasteiger partial charge in [0.05, 0.1) is 14.2 Å². The predicted octanol–water partition coefficient (Wildman–Crippen LogP) is 3.82. The normalized spacial score (nSPS) is 16.1.